The largest absolute Gasteiger partial charge is 0.486 e. The van der Waals surface area contributed by atoms with Crippen LogP contribution in [0.1, 0.15) is 12.5 Å². The van der Waals surface area contributed by atoms with Gasteiger partial charge in [-0.15, -0.1) is 11.6 Å². The molecule has 1 aromatic rings. The molecule has 1 atom stereocenters. The first-order valence-electron chi connectivity index (χ1n) is 4.68. The average molecular weight is 249 g/mol. The van der Waals surface area contributed by atoms with Crippen molar-refractivity contribution >= 4 is 23.2 Å². The summed E-state index contributed by atoms with van der Waals surface area (Å²) >= 11 is 11.8. The minimum atomic E-state index is -0.0446. The Balaban J connectivity index is 2.82. The van der Waals surface area contributed by atoms with Gasteiger partial charge in [-0.05, 0) is 13.0 Å². The molecule has 0 fully saturated rings. The highest BCUT2D eigenvalue weighted by Crippen LogP contribution is 2.30. The van der Waals surface area contributed by atoms with E-state index in [1.165, 1.54) is 0 Å². The van der Waals surface area contributed by atoms with Gasteiger partial charge < -0.3 is 9.47 Å². The van der Waals surface area contributed by atoms with Crippen LogP contribution in [0.3, 0.4) is 0 Å². The molecule has 0 aliphatic rings. The number of benzene rings is 1. The number of methoxy groups -OCH3 is 1. The van der Waals surface area contributed by atoms with Gasteiger partial charge in [0.05, 0.1) is 17.5 Å². The Hall–Kier alpha value is -0.440. The fraction of sp³-hybridized carbons (Fsp3) is 0.455. The van der Waals surface area contributed by atoms with E-state index in [9.17, 15) is 0 Å². The van der Waals surface area contributed by atoms with Gasteiger partial charge in [-0.25, -0.2) is 0 Å². The molecule has 0 aromatic heterocycles. The Bertz CT molecular complexity index is 315. The molecule has 15 heavy (non-hydrogen) atoms. The van der Waals surface area contributed by atoms with E-state index in [2.05, 4.69) is 0 Å². The number of hydrogen-bond donors (Lipinski definition) is 0. The highest BCUT2D eigenvalue weighted by Gasteiger charge is 2.11. The second kappa shape index (κ2) is 6.21. The maximum atomic E-state index is 6.03. The van der Waals surface area contributed by atoms with Gasteiger partial charge in [0.2, 0.25) is 0 Å². The van der Waals surface area contributed by atoms with Gasteiger partial charge >= 0.3 is 0 Å². The van der Waals surface area contributed by atoms with Crippen LogP contribution in [0.15, 0.2) is 18.2 Å². The number of para-hydroxylation sites is 1. The van der Waals surface area contributed by atoms with Gasteiger partial charge in [0, 0.05) is 12.7 Å². The molecule has 0 bridgehead atoms. The standard InChI is InChI=1S/C11H14Cl2O2/c1-8(7-14-2)15-11-9(6-12)4-3-5-10(11)13/h3-5,8H,6-7H2,1-2H3. The first kappa shape index (κ1) is 12.6. The lowest BCUT2D eigenvalue weighted by atomic mass is 10.2. The minimum Gasteiger partial charge on any atom is -0.486 e. The Morgan fingerprint density at radius 3 is 2.73 bits per heavy atom. The smallest absolute Gasteiger partial charge is 0.142 e. The molecule has 0 N–H and O–H groups in total. The third-order valence-corrected chi connectivity index (χ3v) is 2.50. The summed E-state index contributed by atoms with van der Waals surface area (Å²) in [5.74, 6) is 1.04. The molecule has 0 spiro atoms. The Morgan fingerprint density at radius 2 is 2.13 bits per heavy atom. The summed E-state index contributed by atoms with van der Waals surface area (Å²) in [6.45, 7) is 2.44. The quantitative estimate of drug-likeness (QED) is 0.743. The van der Waals surface area contributed by atoms with Crippen LogP contribution in [0.25, 0.3) is 0 Å². The van der Waals surface area contributed by atoms with E-state index in [0.29, 0.717) is 23.3 Å². The van der Waals surface area contributed by atoms with Gasteiger partial charge in [-0.3, -0.25) is 0 Å². The van der Waals surface area contributed by atoms with Gasteiger partial charge in [-0.2, -0.15) is 0 Å². The van der Waals surface area contributed by atoms with Crippen molar-refractivity contribution in [1.82, 2.24) is 0 Å². The molecule has 1 unspecified atom stereocenters. The molecule has 0 amide bonds. The maximum absolute atomic E-state index is 6.03. The summed E-state index contributed by atoms with van der Waals surface area (Å²) in [4.78, 5) is 0. The van der Waals surface area contributed by atoms with E-state index in [0.717, 1.165) is 5.56 Å². The predicted molar refractivity (Wildman–Crippen MR) is 63.0 cm³/mol. The molecular weight excluding hydrogens is 235 g/mol. The Kier molecular flexibility index (Phi) is 5.23. The number of hydrogen-bond acceptors (Lipinski definition) is 2. The van der Waals surface area contributed by atoms with Crippen LogP contribution in [-0.4, -0.2) is 19.8 Å². The fourth-order valence-electron chi connectivity index (χ4n) is 1.26. The molecule has 84 valence electrons. The molecule has 1 rings (SSSR count). The van der Waals surface area contributed by atoms with Crippen LogP contribution >= 0.6 is 23.2 Å². The zero-order valence-electron chi connectivity index (χ0n) is 8.80. The molecule has 0 aliphatic carbocycles. The van der Waals surface area contributed by atoms with E-state index >= 15 is 0 Å². The molecule has 0 radical (unpaired) electrons. The highest BCUT2D eigenvalue weighted by atomic mass is 35.5. The number of halogens is 2. The summed E-state index contributed by atoms with van der Waals surface area (Å²) in [6, 6.07) is 5.54. The second-order valence-electron chi connectivity index (χ2n) is 3.25. The molecule has 0 saturated heterocycles. The summed E-state index contributed by atoms with van der Waals surface area (Å²) in [7, 11) is 1.63. The molecule has 4 heteroatoms. The van der Waals surface area contributed by atoms with Crippen LogP contribution in [0.2, 0.25) is 5.02 Å². The third kappa shape index (κ3) is 3.56. The lowest BCUT2D eigenvalue weighted by Gasteiger charge is -2.17. The van der Waals surface area contributed by atoms with Crippen LogP contribution < -0.4 is 4.74 Å². The summed E-state index contributed by atoms with van der Waals surface area (Å²) in [5.41, 5.74) is 0.895. The fourth-order valence-corrected chi connectivity index (χ4v) is 1.71. The van der Waals surface area contributed by atoms with Crippen molar-refractivity contribution < 1.29 is 9.47 Å². The SMILES string of the molecule is COCC(C)Oc1c(Cl)cccc1CCl. The van der Waals surface area contributed by atoms with Crippen LogP contribution in [0.4, 0.5) is 0 Å². The van der Waals surface area contributed by atoms with E-state index in [-0.39, 0.29) is 6.10 Å². The van der Waals surface area contributed by atoms with E-state index < -0.39 is 0 Å². The van der Waals surface area contributed by atoms with Crippen molar-refractivity contribution in [3.8, 4) is 5.75 Å². The van der Waals surface area contributed by atoms with Crippen molar-refractivity contribution in [2.45, 2.75) is 18.9 Å². The normalized spacial score (nSPS) is 12.5. The number of ether oxygens (including phenoxy) is 2. The maximum Gasteiger partial charge on any atom is 0.142 e. The van der Waals surface area contributed by atoms with E-state index in [1.807, 2.05) is 19.1 Å². The molecule has 0 saturated carbocycles. The van der Waals surface area contributed by atoms with E-state index in [4.69, 9.17) is 32.7 Å². The molecule has 0 heterocycles. The Labute approximate surface area is 100 Å². The highest BCUT2D eigenvalue weighted by molar-refractivity contribution is 6.32. The lowest BCUT2D eigenvalue weighted by Crippen LogP contribution is -2.18. The zero-order chi connectivity index (χ0) is 11.3. The van der Waals surface area contributed by atoms with Crippen molar-refractivity contribution in [3.63, 3.8) is 0 Å². The van der Waals surface area contributed by atoms with Gasteiger partial charge in [0.1, 0.15) is 11.9 Å². The number of alkyl halides is 1. The van der Waals surface area contributed by atoms with Crippen LogP contribution in [0, 0.1) is 0 Å². The Morgan fingerprint density at radius 1 is 1.40 bits per heavy atom. The van der Waals surface area contributed by atoms with Crippen LogP contribution in [0.5, 0.6) is 5.75 Å². The van der Waals surface area contributed by atoms with Crippen molar-refractivity contribution in [1.29, 1.82) is 0 Å². The first-order chi connectivity index (χ1) is 7.19. The average Bonchev–Trinajstić information content (AvgIpc) is 2.21. The van der Waals surface area contributed by atoms with E-state index in [1.54, 1.807) is 13.2 Å². The topological polar surface area (TPSA) is 18.5 Å². The number of rotatable bonds is 5. The van der Waals surface area contributed by atoms with Crippen LogP contribution in [-0.2, 0) is 10.6 Å². The molecule has 0 aliphatic heterocycles. The third-order valence-electron chi connectivity index (χ3n) is 1.91. The zero-order valence-corrected chi connectivity index (χ0v) is 10.3. The molecular formula is C11H14Cl2O2. The summed E-state index contributed by atoms with van der Waals surface area (Å²) < 4.78 is 10.7. The monoisotopic (exact) mass is 248 g/mol. The predicted octanol–water partition coefficient (Wildman–Crippen LogP) is 3.49. The van der Waals surface area contributed by atoms with Gasteiger partial charge in [0.25, 0.3) is 0 Å². The minimum absolute atomic E-state index is 0.0446. The van der Waals surface area contributed by atoms with Gasteiger partial charge in [0.15, 0.2) is 0 Å². The van der Waals surface area contributed by atoms with Gasteiger partial charge in [-0.1, -0.05) is 23.7 Å². The molecule has 1 aromatic carbocycles. The van der Waals surface area contributed by atoms with Crippen molar-refractivity contribution in [2.24, 2.45) is 0 Å². The van der Waals surface area contributed by atoms with Crippen molar-refractivity contribution in [3.05, 3.63) is 28.8 Å². The first-order valence-corrected chi connectivity index (χ1v) is 5.59. The molecule has 2 nitrogen and oxygen atoms in total. The second-order valence-corrected chi connectivity index (χ2v) is 3.92. The summed E-state index contributed by atoms with van der Waals surface area (Å²) in [5, 5.41) is 0.580. The summed E-state index contributed by atoms with van der Waals surface area (Å²) in [6.07, 6.45) is -0.0446. The lowest BCUT2D eigenvalue weighted by molar-refractivity contribution is 0.0916. The van der Waals surface area contributed by atoms with Crippen molar-refractivity contribution in [2.75, 3.05) is 13.7 Å².